The van der Waals surface area contributed by atoms with E-state index in [9.17, 15) is 17.0 Å². The van der Waals surface area contributed by atoms with Crippen molar-refractivity contribution < 1.29 is 21.5 Å². The van der Waals surface area contributed by atoms with E-state index < -0.39 is 37.4 Å². The summed E-state index contributed by atoms with van der Waals surface area (Å²) in [5.74, 6) is -0.658. The third kappa shape index (κ3) is 5.67. The van der Waals surface area contributed by atoms with Gasteiger partial charge in [0.15, 0.2) is 20.4 Å². The maximum atomic E-state index is 14.8. The number of halogens is 2. The molecule has 2 heterocycles. The molecule has 1 N–H and O–H groups in total. The molecule has 36 heavy (non-hydrogen) atoms. The Labute approximate surface area is 216 Å². The number of nitrogens with one attached hydrogen (secondary N) is 1. The zero-order valence-corrected chi connectivity index (χ0v) is 22.5. The van der Waals surface area contributed by atoms with Crippen LogP contribution >= 0.6 is 11.6 Å². The first-order chi connectivity index (χ1) is 16.8. The second-order valence-corrected chi connectivity index (χ2v) is 13.8. The molecule has 0 amide bonds. The fourth-order valence-corrected chi connectivity index (χ4v) is 5.23. The van der Waals surface area contributed by atoms with E-state index in [1.165, 1.54) is 0 Å². The fraction of sp³-hybridized carbons (Fsp3) is 0.280. The molecule has 0 unspecified atom stereocenters. The van der Waals surface area contributed by atoms with Crippen LogP contribution in [0.1, 0.15) is 38.1 Å². The van der Waals surface area contributed by atoms with Crippen molar-refractivity contribution in [1.82, 2.24) is 14.9 Å². The molecule has 4 aromatic rings. The Hall–Kier alpha value is -2.66. The highest BCUT2D eigenvalue weighted by atomic mass is 35.5. The van der Waals surface area contributed by atoms with Gasteiger partial charge in [-0.05, 0) is 50.6 Å². The van der Waals surface area contributed by atoms with Gasteiger partial charge in [-0.1, -0.05) is 41.0 Å². The first-order valence-corrected chi connectivity index (χ1v) is 14.4. The maximum Gasteiger partial charge on any atom is 0.192 e. The van der Waals surface area contributed by atoms with Crippen LogP contribution in [0.15, 0.2) is 64.1 Å². The third-order valence-electron chi connectivity index (χ3n) is 5.50. The Morgan fingerprint density at radius 2 is 1.86 bits per heavy atom. The number of hydrogen-bond donors (Lipinski definition) is 1. The van der Waals surface area contributed by atoms with Crippen molar-refractivity contribution in [2.75, 3.05) is 6.26 Å². The SMILES string of the molecule is CC(C)(C)[S@](=O)N[C@@H](Cc1nc(S(C)(=O)=O)ccc1F)c1ccccc1-c1noc2cc(Cl)ccc12. The van der Waals surface area contributed by atoms with Crippen molar-refractivity contribution in [3.63, 3.8) is 0 Å². The lowest BCUT2D eigenvalue weighted by atomic mass is 9.94. The Morgan fingerprint density at radius 3 is 2.56 bits per heavy atom. The number of hydrogen-bond acceptors (Lipinski definition) is 6. The van der Waals surface area contributed by atoms with E-state index in [-0.39, 0.29) is 17.1 Å². The molecular formula is C25H25ClFN3O4S2. The highest BCUT2D eigenvalue weighted by Gasteiger charge is 2.28. The van der Waals surface area contributed by atoms with Gasteiger partial charge < -0.3 is 4.52 Å². The van der Waals surface area contributed by atoms with Crippen molar-refractivity contribution in [1.29, 1.82) is 0 Å². The van der Waals surface area contributed by atoms with Gasteiger partial charge in [0.1, 0.15) is 11.5 Å². The van der Waals surface area contributed by atoms with Crippen molar-refractivity contribution in [2.45, 2.75) is 43.0 Å². The first-order valence-electron chi connectivity index (χ1n) is 11.0. The Kier molecular flexibility index (Phi) is 7.34. The van der Waals surface area contributed by atoms with E-state index in [1.54, 1.807) is 18.2 Å². The second-order valence-electron chi connectivity index (χ2n) is 9.36. The molecule has 0 bridgehead atoms. The summed E-state index contributed by atoms with van der Waals surface area (Å²) < 4.78 is 60.0. The minimum absolute atomic E-state index is 0.0599. The average Bonchev–Trinajstić information content (AvgIpc) is 3.21. The summed E-state index contributed by atoms with van der Waals surface area (Å²) in [6, 6.07) is 14.0. The molecule has 0 aliphatic rings. The highest BCUT2D eigenvalue weighted by Crippen LogP contribution is 2.35. The summed E-state index contributed by atoms with van der Waals surface area (Å²) in [5.41, 5.74) is 2.34. The summed E-state index contributed by atoms with van der Waals surface area (Å²) in [5, 5.41) is 5.24. The molecular weight excluding hydrogens is 525 g/mol. The highest BCUT2D eigenvalue weighted by molar-refractivity contribution is 7.90. The van der Waals surface area contributed by atoms with Crippen molar-refractivity contribution in [3.05, 3.63) is 76.7 Å². The molecule has 0 radical (unpaired) electrons. The van der Waals surface area contributed by atoms with E-state index in [4.69, 9.17) is 16.1 Å². The predicted molar refractivity (Wildman–Crippen MR) is 139 cm³/mol. The molecule has 2 aromatic carbocycles. The van der Waals surface area contributed by atoms with Crippen LogP contribution in [0.5, 0.6) is 0 Å². The largest absolute Gasteiger partial charge is 0.356 e. The smallest absolute Gasteiger partial charge is 0.192 e. The summed E-state index contributed by atoms with van der Waals surface area (Å²) in [7, 11) is -5.19. The van der Waals surface area contributed by atoms with Crippen LogP contribution in [-0.4, -0.2) is 33.8 Å². The van der Waals surface area contributed by atoms with Crippen LogP contribution in [-0.2, 0) is 27.2 Å². The molecule has 0 aliphatic heterocycles. The number of nitrogens with zero attached hydrogens (tertiary/aromatic N) is 2. The minimum atomic E-state index is -3.65. The van der Waals surface area contributed by atoms with Gasteiger partial charge in [-0.3, -0.25) is 0 Å². The van der Waals surface area contributed by atoms with E-state index in [0.717, 1.165) is 23.8 Å². The lowest BCUT2D eigenvalue weighted by Gasteiger charge is -2.26. The molecule has 0 saturated heterocycles. The quantitative estimate of drug-likeness (QED) is 0.330. The molecule has 7 nitrogen and oxygen atoms in total. The zero-order chi connectivity index (χ0) is 26.3. The number of fused-ring (bicyclic) bond motifs is 1. The summed E-state index contributed by atoms with van der Waals surface area (Å²) in [6.45, 7) is 5.45. The number of benzene rings is 2. The lowest BCUT2D eigenvalue weighted by molar-refractivity contribution is 0.459. The number of aromatic nitrogens is 2. The standard InChI is InChI=1S/C25H25ClFN3O4S2/c1-25(2,3)35(31)30-20(14-21-19(27)11-12-23(28-21)36(4,32)33)16-7-5-6-8-17(16)24-18-10-9-15(26)13-22(18)34-29-24/h5-13,20,30H,14H2,1-4H3/t20-,35-/m0/s1. The van der Waals surface area contributed by atoms with E-state index in [1.807, 2.05) is 45.0 Å². The van der Waals surface area contributed by atoms with Crippen LogP contribution < -0.4 is 4.72 Å². The first kappa shape index (κ1) is 26.4. The third-order valence-corrected chi connectivity index (χ3v) is 8.33. The fourth-order valence-electron chi connectivity index (χ4n) is 3.65. The van der Waals surface area contributed by atoms with Crippen LogP contribution in [0.4, 0.5) is 4.39 Å². The average molecular weight is 550 g/mol. The normalized spacial score (nSPS) is 14.2. The molecule has 4 rings (SSSR count). The number of sulfone groups is 1. The Balaban J connectivity index is 1.85. The molecule has 2 atom stereocenters. The van der Waals surface area contributed by atoms with Gasteiger partial charge >= 0.3 is 0 Å². The minimum Gasteiger partial charge on any atom is -0.356 e. The van der Waals surface area contributed by atoms with Crippen LogP contribution in [0.3, 0.4) is 0 Å². The van der Waals surface area contributed by atoms with Gasteiger partial charge in [0, 0.05) is 34.7 Å². The number of pyridine rings is 1. The van der Waals surface area contributed by atoms with Gasteiger partial charge in [-0.2, -0.15) is 0 Å². The van der Waals surface area contributed by atoms with Crippen LogP contribution in [0.2, 0.25) is 5.02 Å². The van der Waals surface area contributed by atoms with Gasteiger partial charge in [0.2, 0.25) is 0 Å². The summed E-state index contributed by atoms with van der Waals surface area (Å²) >= 11 is 6.09. The van der Waals surface area contributed by atoms with Gasteiger partial charge in [-0.15, -0.1) is 0 Å². The van der Waals surface area contributed by atoms with Crippen molar-refractivity contribution >= 4 is 43.4 Å². The summed E-state index contributed by atoms with van der Waals surface area (Å²) in [6.07, 6.45) is 0.953. The van der Waals surface area contributed by atoms with Gasteiger partial charge in [0.25, 0.3) is 0 Å². The van der Waals surface area contributed by atoms with Crippen LogP contribution in [0.25, 0.3) is 22.2 Å². The molecule has 0 aliphatic carbocycles. The molecule has 2 aromatic heterocycles. The molecule has 0 saturated carbocycles. The predicted octanol–water partition coefficient (Wildman–Crippen LogP) is 5.42. The van der Waals surface area contributed by atoms with Gasteiger partial charge in [-0.25, -0.2) is 26.7 Å². The molecule has 0 spiro atoms. The van der Waals surface area contributed by atoms with Gasteiger partial charge in [0.05, 0.1) is 27.5 Å². The molecule has 11 heteroatoms. The Bertz CT molecular complexity index is 1570. The van der Waals surface area contributed by atoms with E-state index in [0.29, 0.717) is 27.4 Å². The summed E-state index contributed by atoms with van der Waals surface area (Å²) in [4.78, 5) is 4.08. The molecule has 0 fully saturated rings. The maximum absolute atomic E-state index is 14.8. The number of rotatable bonds is 7. The van der Waals surface area contributed by atoms with Crippen molar-refractivity contribution in [3.8, 4) is 11.3 Å². The molecule has 190 valence electrons. The van der Waals surface area contributed by atoms with E-state index in [2.05, 4.69) is 14.9 Å². The topological polar surface area (TPSA) is 102 Å². The zero-order valence-electron chi connectivity index (χ0n) is 20.1. The van der Waals surface area contributed by atoms with Crippen LogP contribution in [0, 0.1) is 5.82 Å². The van der Waals surface area contributed by atoms with Crippen molar-refractivity contribution in [2.24, 2.45) is 0 Å². The Morgan fingerprint density at radius 1 is 1.14 bits per heavy atom. The monoisotopic (exact) mass is 549 g/mol. The second kappa shape index (κ2) is 10.0. The lowest BCUT2D eigenvalue weighted by Crippen LogP contribution is -2.37. The van der Waals surface area contributed by atoms with E-state index >= 15 is 0 Å².